The van der Waals surface area contributed by atoms with Crippen molar-refractivity contribution in [1.29, 1.82) is 5.26 Å². The van der Waals surface area contributed by atoms with E-state index in [2.05, 4.69) is 11.0 Å². The summed E-state index contributed by atoms with van der Waals surface area (Å²) in [7, 11) is 0. The Morgan fingerprint density at radius 1 is 1.42 bits per heavy atom. The lowest BCUT2D eigenvalue weighted by atomic mass is 9.81. The molecular formula is C15H16N2O2. The second-order valence-corrected chi connectivity index (χ2v) is 5.59. The van der Waals surface area contributed by atoms with Crippen molar-refractivity contribution in [3.05, 3.63) is 29.8 Å². The number of aliphatic carboxylic acids is 1. The average molecular weight is 256 g/mol. The zero-order valence-corrected chi connectivity index (χ0v) is 10.7. The number of hydrogen-bond donors (Lipinski definition) is 1. The number of carbonyl (C=O) groups is 1. The molecule has 4 heteroatoms. The van der Waals surface area contributed by atoms with E-state index in [0.717, 1.165) is 31.5 Å². The summed E-state index contributed by atoms with van der Waals surface area (Å²) in [4.78, 5) is 13.8. The van der Waals surface area contributed by atoms with E-state index in [-0.39, 0.29) is 5.92 Å². The fraction of sp³-hybridized carbons (Fsp3) is 0.467. The van der Waals surface area contributed by atoms with E-state index < -0.39 is 11.4 Å². The summed E-state index contributed by atoms with van der Waals surface area (Å²) in [6.45, 7) is 1.41. The number of carboxylic acids is 1. The standard InChI is InChI=1S/C15H16N2O2/c16-8-11-3-5-13(6-4-11)17-9-12-2-1-7-15(12,10-17)14(18)19/h3-6,12H,1-2,7,9-10H2,(H,18,19)/t12-,15+/m0/s1. The number of hydrogen-bond acceptors (Lipinski definition) is 3. The molecule has 1 aliphatic carbocycles. The molecule has 0 radical (unpaired) electrons. The second kappa shape index (κ2) is 4.27. The van der Waals surface area contributed by atoms with Gasteiger partial charge < -0.3 is 10.0 Å². The third-order valence-electron chi connectivity index (χ3n) is 4.66. The van der Waals surface area contributed by atoms with Crippen LogP contribution in [0.3, 0.4) is 0 Å². The van der Waals surface area contributed by atoms with Crippen molar-refractivity contribution >= 4 is 11.7 Å². The van der Waals surface area contributed by atoms with E-state index in [1.54, 1.807) is 12.1 Å². The van der Waals surface area contributed by atoms with Gasteiger partial charge in [0.15, 0.2) is 0 Å². The van der Waals surface area contributed by atoms with Crippen LogP contribution in [0.1, 0.15) is 24.8 Å². The van der Waals surface area contributed by atoms with Gasteiger partial charge in [-0.1, -0.05) is 6.42 Å². The van der Waals surface area contributed by atoms with Gasteiger partial charge in [-0.25, -0.2) is 0 Å². The maximum absolute atomic E-state index is 11.6. The Balaban J connectivity index is 1.85. The molecule has 1 N–H and O–H groups in total. The van der Waals surface area contributed by atoms with Crippen molar-refractivity contribution < 1.29 is 9.90 Å². The molecule has 0 amide bonds. The molecule has 1 saturated heterocycles. The molecule has 0 bridgehead atoms. The van der Waals surface area contributed by atoms with Gasteiger partial charge in [0, 0.05) is 18.8 Å². The van der Waals surface area contributed by atoms with E-state index in [0.29, 0.717) is 12.1 Å². The zero-order chi connectivity index (χ0) is 13.5. The van der Waals surface area contributed by atoms with Crippen LogP contribution in [0.25, 0.3) is 0 Å². The first-order valence-electron chi connectivity index (χ1n) is 6.64. The van der Waals surface area contributed by atoms with Crippen LogP contribution in [0.2, 0.25) is 0 Å². The highest BCUT2D eigenvalue weighted by Gasteiger charge is 2.54. The molecule has 3 rings (SSSR count). The van der Waals surface area contributed by atoms with Gasteiger partial charge >= 0.3 is 5.97 Å². The molecule has 1 aliphatic heterocycles. The predicted octanol–water partition coefficient (Wildman–Crippen LogP) is 2.25. The molecule has 1 heterocycles. The number of anilines is 1. The Labute approximate surface area is 112 Å². The van der Waals surface area contributed by atoms with Crippen molar-refractivity contribution in [3.8, 4) is 6.07 Å². The summed E-state index contributed by atoms with van der Waals surface area (Å²) < 4.78 is 0. The minimum atomic E-state index is -0.647. The van der Waals surface area contributed by atoms with Gasteiger partial charge in [0.25, 0.3) is 0 Å². The molecule has 2 atom stereocenters. The molecule has 2 fully saturated rings. The first-order valence-corrected chi connectivity index (χ1v) is 6.64. The van der Waals surface area contributed by atoms with Crippen LogP contribution in [0.5, 0.6) is 0 Å². The van der Waals surface area contributed by atoms with Gasteiger partial charge in [-0.15, -0.1) is 0 Å². The summed E-state index contributed by atoms with van der Waals surface area (Å²) in [5.74, 6) is -0.383. The van der Waals surface area contributed by atoms with E-state index in [1.165, 1.54) is 0 Å². The Bertz CT molecular complexity index is 546. The fourth-order valence-electron chi connectivity index (χ4n) is 3.58. The van der Waals surface area contributed by atoms with E-state index >= 15 is 0 Å². The highest BCUT2D eigenvalue weighted by molar-refractivity contribution is 5.78. The number of rotatable bonds is 2. The Morgan fingerprint density at radius 3 is 2.74 bits per heavy atom. The van der Waals surface area contributed by atoms with Crippen LogP contribution in [0, 0.1) is 22.7 Å². The highest BCUT2D eigenvalue weighted by Crippen LogP contribution is 2.49. The first-order chi connectivity index (χ1) is 9.15. The van der Waals surface area contributed by atoms with Crippen LogP contribution >= 0.6 is 0 Å². The Hall–Kier alpha value is -2.02. The van der Waals surface area contributed by atoms with Gasteiger partial charge in [0.05, 0.1) is 17.0 Å². The average Bonchev–Trinajstić information content (AvgIpc) is 2.96. The van der Waals surface area contributed by atoms with Gasteiger partial charge in [-0.3, -0.25) is 4.79 Å². The van der Waals surface area contributed by atoms with Crippen LogP contribution in [-0.4, -0.2) is 24.2 Å². The molecule has 0 aromatic heterocycles. The van der Waals surface area contributed by atoms with Crippen molar-refractivity contribution in [2.24, 2.45) is 11.3 Å². The lowest BCUT2D eigenvalue weighted by Crippen LogP contribution is -2.35. The molecular weight excluding hydrogens is 240 g/mol. The van der Waals surface area contributed by atoms with Crippen molar-refractivity contribution in [2.45, 2.75) is 19.3 Å². The molecule has 1 saturated carbocycles. The normalized spacial score (nSPS) is 29.0. The van der Waals surface area contributed by atoms with E-state index in [1.807, 2.05) is 12.1 Å². The lowest BCUT2D eigenvalue weighted by Gasteiger charge is -2.24. The van der Waals surface area contributed by atoms with E-state index in [9.17, 15) is 9.90 Å². The van der Waals surface area contributed by atoms with Gasteiger partial charge in [0.2, 0.25) is 0 Å². The third-order valence-corrected chi connectivity index (χ3v) is 4.66. The Morgan fingerprint density at radius 2 is 2.16 bits per heavy atom. The minimum Gasteiger partial charge on any atom is -0.481 e. The van der Waals surface area contributed by atoms with Gasteiger partial charge in [-0.05, 0) is 43.0 Å². The van der Waals surface area contributed by atoms with Crippen LogP contribution < -0.4 is 4.90 Å². The number of nitriles is 1. The van der Waals surface area contributed by atoms with Crippen LogP contribution in [0.15, 0.2) is 24.3 Å². The van der Waals surface area contributed by atoms with Crippen LogP contribution in [0.4, 0.5) is 5.69 Å². The largest absolute Gasteiger partial charge is 0.481 e. The molecule has 2 aliphatic rings. The monoisotopic (exact) mass is 256 g/mol. The molecule has 98 valence electrons. The number of benzene rings is 1. The first kappa shape index (κ1) is 12.0. The summed E-state index contributed by atoms with van der Waals surface area (Å²) in [6.07, 6.45) is 2.83. The third kappa shape index (κ3) is 1.77. The number of fused-ring (bicyclic) bond motifs is 1. The SMILES string of the molecule is N#Cc1ccc(N2C[C@@H]3CCC[C@@]3(C(=O)O)C2)cc1. The topological polar surface area (TPSA) is 64.3 Å². The van der Waals surface area contributed by atoms with Gasteiger partial charge in [0.1, 0.15) is 0 Å². The summed E-state index contributed by atoms with van der Waals surface area (Å²) in [5.41, 5.74) is 1.11. The molecule has 19 heavy (non-hydrogen) atoms. The van der Waals surface area contributed by atoms with Gasteiger partial charge in [-0.2, -0.15) is 5.26 Å². The highest BCUT2D eigenvalue weighted by atomic mass is 16.4. The van der Waals surface area contributed by atoms with Crippen LogP contribution in [-0.2, 0) is 4.79 Å². The number of carboxylic acid groups (broad SMARTS) is 1. The quantitative estimate of drug-likeness (QED) is 0.881. The second-order valence-electron chi connectivity index (χ2n) is 5.59. The van der Waals surface area contributed by atoms with E-state index in [4.69, 9.17) is 5.26 Å². The molecule has 1 aromatic rings. The fourth-order valence-corrected chi connectivity index (χ4v) is 3.58. The van der Waals surface area contributed by atoms with Crippen molar-refractivity contribution in [1.82, 2.24) is 0 Å². The molecule has 4 nitrogen and oxygen atoms in total. The summed E-state index contributed by atoms with van der Waals surface area (Å²) in [6, 6.07) is 9.50. The minimum absolute atomic E-state index is 0.264. The predicted molar refractivity (Wildman–Crippen MR) is 70.8 cm³/mol. The summed E-state index contributed by atoms with van der Waals surface area (Å²) in [5, 5.41) is 18.3. The maximum Gasteiger partial charge on any atom is 0.311 e. The Kier molecular flexibility index (Phi) is 2.70. The molecule has 0 unspecified atom stereocenters. The van der Waals surface area contributed by atoms with Crippen molar-refractivity contribution in [3.63, 3.8) is 0 Å². The summed E-state index contributed by atoms with van der Waals surface area (Å²) >= 11 is 0. The zero-order valence-electron chi connectivity index (χ0n) is 10.7. The maximum atomic E-state index is 11.6. The molecule has 0 spiro atoms. The van der Waals surface area contributed by atoms with Crippen molar-refractivity contribution in [2.75, 3.05) is 18.0 Å². The molecule has 1 aromatic carbocycles. The number of nitrogens with zero attached hydrogens (tertiary/aromatic N) is 2. The smallest absolute Gasteiger partial charge is 0.311 e. The lowest BCUT2D eigenvalue weighted by molar-refractivity contribution is -0.149.